The fourth-order valence-corrected chi connectivity index (χ4v) is 2.77. The molecule has 2 heterocycles. The van der Waals surface area contributed by atoms with Gasteiger partial charge in [-0.2, -0.15) is 0 Å². The molecule has 4 nitrogen and oxygen atoms in total. The molecule has 1 aromatic carbocycles. The monoisotopic (exact) mass is 309 g/mol. The largest absolute Gasteiger partial charge is 0.347 e. The molecule has 1 amide bonds. The Balaban J connectivity index is 1.66. The predicted octanol–water partition coefficient (Wildman–Crippen LogP) is 3.44. The van der Waals surface area contributed by atoms with Crippen LogP contribution >= 0.6 is 11.3 Å². The van der Waals surface area contributed by atoms with Crippen molar-refractivity contribution in [1.82, 2.24) is 15.3 Å². The van der Waals surface area contributed by atoms with E-state index in [1.165, 1.54) is 16.9 Å². The molecule has 2 aromatic heterocycles. The molecule has 0 spiro atoms. The van der Waals surface area contributed by atoms with E-state index in [1.54, 1.807) is 17.8 Å². The molecule has 0 aliphatic heterocycles. The average molecular weight is 309 g/mol. The summed E-state index contributed by atoms with van der Waals surface area (Å²) in [6.07, 6.45) is 3.46. The number of rotatable bonds is 4. The van der Waals surface area contributed by atoms with Crippen LogP contribution in [0.15, 0.2) is 54.2 Å². The van der Waals surface area contributed by atoms with E-state index in [0.717, 1.165) is 16.1 Å². The number of pyridine rings is 1. The number of aryl methyl sites for hydroxylation is 1. The summed E-state index contributed by atoms with van der Waals surface area (Å²) in [6.45, 7) is 2.54. The summed E-state index contributed by atoms with van der Waals surface area (Å²) in [7, 11) is 0. The summed E-state index contributed by atoms with van der Waals surface area (Å²) >= 11 is 1.44. The molecule has 0 aliphatic carbocycles. The highest BCUT2D eigenvalue weighted by molar-refractivity contribution is 7.13. The number of carbonyl (C=O) groups excluding carboxylic acids is 1. The van der Waals surface area contributed by atoms with E-state index in [9.17, 15) is 4.79 Å². The van der Waals surface area contributed by atoms with Gasteiger partial charge in [0.2, 0.25) is 0 Å². The Bertz CT molecular complexity index is 766. The van der Waals surface area contributed by atoms with Crippen LogP contribution in [0, 0.1) is 6.92 Å². The number of nitrogens with zero attached hydrogens (tertiary/aromatic N) is 2. The zero-order valence-electron chi connectivity index (χ0n) is 12.1. The van der Waals surface area contributed by atoms with Crippen molar-refractivity contribution < 1.29 is 4.79 Å². The van der Waals surface area contributed by atoms with Crippen molar-refractivity contribution in [3.05, 3.63) is 71.0 Å². The van der Waals surface area contributed by atoms with Gasteiger partial charge in [0.1, 0.15) is 10.7 Å². The van der Waals surface area contributed by atoms with Crippen LogP contribution in [0.25, 0.3) is 10.6 Å². The van der Waals surface area contributed by atoms with Crippen LogP contribution in [-0.2, 0) is 6.54 Å². The topological polar surface area (TPSA) is 54.9 Å². The first kappa shape index (κ1) is 14.4. The Hall–Kier alpha value is -2.53. The third-order valence-corrected chi connectivity index (χ3v) is 4.11. The smallest absolute Gasteiger partial charge is 0.271 e. The van der Waals surface area contributed by atoms with E-state index >= 15 is 0 Å². The summed E-state index contributed by atoms with van der Waals surface area (Å²) < 4.78 is 0. The number of aromatic nitrogens is 2. The number of hydrogen-bond acceptors (Lipinski definition) is 4. The second-order valence-electron chi connectivity index (χ2n) is 4.95. The standard InChI is InChI=1S/C17H15N3OS/c1-12-4-6-13(7-5-12)9-19-16(21)15-11-22-17(20-15)14-3-2-8-18-10-14/h2-8,10-11H,9H2,1H3,(H,19,21). The van der Waals surface area contributed by atoms with Gasteiger partial charge < -0.3 is 5.32 Å². The van der Waals surface area contributed by atoms with Crippen LogP contribution in [0.2, 0.25) is 0 Å². The zero-order valence-corrected chi connectivity index (χ0v) is 12.9. The van der Waals surface area contributed by atoms with Crippen LogP contribution < -0.4 is 5.32 Å². The molecular formula is C17H15N3OS. The maximum absolute atomic E-state index is 12.1. The van der Waals surface area contributed by atoms with E-state index in [-0.39, 0.29) is 5.91 Å². The lowest BCUT2D eigenvalue weighted by atomic mass is 10.1. The number of thiazole rings is 1. The zero-order chi connectivity index (χ0) is 15.4. The Labute approximate surface area is 132 Å². The van der Waals surface area contributed by atoms with Crippen LogP contribution in [0.3, 0.4) is 0 Å². The maximum atomic E-state index is 12.1. The predicted molar refractivity (Wildman–Crippen MR) is 87.7 cm³/mol. The molecule has 0 atom stereocenters. The van der Waals surface area contributed by atoms with Crippen LogP contribution in [0.1, 0.15) is 21.6 Å². The molecule has 0 aliphatic rings. The van der Waals surface area contributed by atoms with Crippen LogP contribution in [0.4, 0.5) is 0 Å². The number of hydrogen-bond donors (Lipinski definition) is 1. The van der Waals surface area contributed by atoms with Gasteiger partial charge in [-0.25, -0.2) is 4.98 Å². The Morgan fingerprint density at radius 2 is 2.05 bits per heavy atom. The van der Waals surface area contributed by atoms with E-state index < -0.39 is 0 Å². The molecule has 22 heavy (non-hydrogen) atoms. The summed E-state index contributed by atoms with van der Waals surface area (Å²) in [6, 6.07) is 11.9. The van der Waals surface area contributed by atoms with Crippen molar-refractivity contribution in [3.8, 4) is 10.6 Å². The van der Waals surface area contributed by atoms with E-state index in [2.05, 4.69) is 15.3 Å². The van der Waals surface area contributed by atoms with Gasteiger partial charge >= 0.3 is 0 Å². The molecule has 0 unspecified atom stereocenters. The minimum absolute atomic E-state index is 0.160. The lowest BCUT2D eigenvalue weighted by Crippen LogP contribution is -2.23. The van der Waals surface area contributed by atoms with E-state index in [4.69, 9.17) is 0 Å². The first-order valence-electron chi connectivity index (χ1n) is 6.92. The van der Waals surface area contributed by atoms with Crippen molar-refractivity contribution in [2.45, 2.75) is 13.5 Å². The highest BCUT2D eigenvalue weighted by Gasteiger charge is 2.11. The highest BCUT2D eigenvalue weighted by atomic mass is 32.1. The quantitative estimate of drug-likeness (QED) is 0.803. The molecule has 3 rings (SSSR count). The van der Waals surface area contributed by atoms with Gasteiger partial charge in [0.05, 0.1) is 0 Å². The van der Waals surface area contributed by atoms with Gasteiger partial charge in [0.25, 0.3) is 5.91 Å². The second kappa shape index (κ2) is 6.49. The molecule has 0 saturated carbocycles. The summed E-state index contributed by atoms with van der Waals surface area (Å²) in [5, 5.41) is 5.46. The Morgan fingerprint density at radius 1 is 1.23 bits per heavy atom. The summed E-state index contributed by atoms with van der Waals surface area (Å²) in [5.74, 6) is -0.160. The number of carbonyl (C=O) groups is 1. The molecular weight excluding hydrogens is 294 g/mol. The van der Waals surface area contributed by atoms with Crippen molar-refractivity contribution in [2.24, 2.45) is 0 Å². The Kier molecular flexibility index (Phi) is 4.25. The minimum Gasteiger partial charge on any atom is -0.347 e. The molecule has 0 radical (unpaired) electrons. The highest BCUT2D eigenvalue weighted by Crippen LogP contribution is 2.22. The first-order chi connectivity index (χ1) is 10.7. The SMILES string of the molecule is Cc1ccc(CNC(=O)c2csc(-c3cccnc3)n2)cc1. The third kappa shape index (κ3) is 3.38. The molecule has 3 aromatic rings. The fourth-order valence-electron chi connectivity index (χ4n) is 1.98. The molecule has 110 valence electrons. The lowest BCUT2D eigenvalue weighted by molar-refractivity contribution is 0.0946. The number of nitrogens with one attached hydrogen (secondary N) is 1. The van der Waals surface area contributed by atoms with Gasteiger partial charge in [0.15, 0.2) is 0 Å². The lowest BCUT2D eigenvalue weighted by Gasteiger charge is -2.03. The third-order valence-electron chi connectivity index (χ3n) is 3.22. The average Bonchev–Trinajstić information content (AvgIpc) is 3.05. The van der Waals surface area contributed by atoms with Crippen molar-refractivity contribution >= 4 is 17.2 Å². The number of benzene rings is 1. The molecule has 5 heteroatoms. The van der Waals surface area contributed by atoms with Gasteiger partial charge in [-0.1, -0.05) is 29.8 Å². The minimum atomic E-state index is -0.160. The van der Waals surface area contributed by atoms with Gasteiger partial charge in [0, 0.05) is 29.9 Å². The maximum Gasteiger partial charge on any atom is 0.271 e. The van der Waals surface area contributed by atoms with E-state index in [0.29, 0.717) is 12.2 Å². The molecule has 0 fully saturated rings. The van der Waals surface area contributed by atoms with Crippen molar-refractivity contribution in [1.29, 1.82) is 0 Å². The first-order valence-corrected chi connectivity index (χ1v) is 7.80. The van der Waals surface area contributed by atoms with Gasteiger partial charge in [-0.05, 0) is 24.6 Å². The van der Waals surface area contributed by atoms with Crippen LogP contribution in [-0.4, -0.2) is 15.9 Å². The summed E-state index contributed by atoms with van der Waals surface area (Å²) in [5.41, 5.74) is 3.64. The summed E-state index contributed by atoms with van der Waals surface area (Å²) in [4.78, 5) is 20.6. The van der Waals surface area contributed by atoms with Crippen molar-refractivity contribution in [2.75, 3.05) is 0 Å². The second-order valence-corrected chi connectivity index (χ2v) is 5.81. The molecule has 1 N–H and O–H groups in total. The normalized spacial score (nSPS) is 10.4. The van der Waals surface area contributed by atoms with E-state index in [1.807, 2.05) is 43.3 Å². The van der Waals surface area contributed by atoms with Crippen LogP contribution in [0.5, 0.6) is 0 Å². The van der Waals surface area contributed by atoms with Gasteiger partial charge in [-0.15, -0.1) is 11.3 Å². The molecule has 0 saturated heterocycles. The number of amides is 1. The van der Waals surface area contributed by atoms with Crippen molar-refractivity contribution in [3.63, 3.8) is 0 Å². The molecule has 0 bridgehead atoms. The van der Waals surface area contributed by atoms with Gasteiger partial charge in [-0.3, -0.25) is 9.78 Å². The fraction of sp³-hybridized carbons (Fsp3) is 0.118. The Morgan fingerprint density at radius 3 is 2.77 bits per heavy atom.